The van der Waals surface area contributed by atoms with Crippen LogP contribution < -0.4 is 0 Å². The molecule has 1 heterocycles. The molecule has 0 aromatic heterocycles. The third-order valence-corrected chi connectivity index (χ3v) is 4.40. The lowest BCUT2D eigenvalue weighted by atomic mass is 9.86. The molecule has 2 nitrogen and oxygen atoms in total. The Balaban J connectivity index is 2.54. The predicted molar refractivity (Wildman–Crippen MR) is 76.5 cm³/mol. The molecule has 102 valence electrons. The summed E-state index contributed by atoms with van der Waals surface area (Å²) >= 11 is 0. The Labute approximate surface area is 108 Å². The summed E-state index contributed by atoms with van der Waals surface area (Å²) in [6.45, 7) is 12.1. The van der Waals surface area contributed by atoms with Crippen LogP contribution in [-0.4, -0.2) is 48.6 Å². The smallest absolute Gasteiger partial charge is 0.0182 e. The van der Waals surface area contributed by atoms with Crippen LogP contribution in [0.4, 0.5) is 0 Å². The molecule has 0 saturated carbocycles. The van der Waals surface area contributed by atoms with E-state index in [9.17, 15) is 0 Å². The van der Waals surface area contributed by atoms with Crippen LogP contribution in [0.15, 0.2) is 0 Å². The van der Waals surface area contributed by atoms with Gasteiger partial charge in [0, 0.05) is 31.7 Å². The van der Waals surface area contributed by atoms with Gasteiger partial charge in [-0.1, -0.05) is 39.5 Å². The Morgan fingerprint density at radius 3 is 1.76 bits per heavy atom. The summed E-state index contributed by atoms with van der Waals surface area (Å²) in [7, 11) is 2.24. The minimum absolute atomic E-state index is 0.466. The first kappa shape index (κ1) is 15.0. The molecule has 0 atom stereocenters. The van der Waals surface area contributed by atoms with Crippen molar-refractivity contribution in [2.75, 3.05) is 33.2 Å². The number of nitrogens with zero attached hydrogens (tertiary/aromatic N) is 2. The third-order valence-electron chi connectivity index (χ3n) is 4.40. The Morgan fingerprint density at radius 1 is 0.882 bits per heavy atom. The lowest BCUT2D eigenvalue weighted by Crippen LogP contribution is -2.55. The van der Waals surface area contributed by atoms with Gasteiger partial charge in [-0.15, -0.1) is 0 Å². The maximum absolute atomic E-state index is 2.76. The first-order valence-electron chi connectivity index (χ1n) is 7.56. The minimum Gasteiger partial charge on any atom is -0.304 e. The molecule has 2 heteroatoms. The summed E-state index contributed by atoms with van der Waals surface area (Å²) in [5.74, 6) is 0. The average molecular weight is 240 g/mol. The third kappa shape index (κ3) is 4.59. The summed E-state index contributed by atoms with van der Waals surface area (Å²) in [5.41, 5.74) is 0.466. The highest BCUT2D eigenvalue weighted by Gasteiger charge is 2.32. The lowest BCUT2D eigenvalue weighted by molar-refractivity contribution is 0.0362. The molecule has 0 spiro atoms. The number of unbranched alkanes of at least 4 members (excludes halogenated alkanes) is 2. The fourth-order valence-corrected chi connectivity index (χ4v) is 2.90. The van der Waals surface area contributed by atoms with Crippen LogP contribution in [0, 0.1) is 0 Å². The van der Waals surface area contributed by atoms with Crippen molar-refractivity contribution in [3.8, 4) is 0 Å². The van der Waals surface area contributed by atoms with Gasteiger partial charge in [0.2, 0.25) is 0 Å². The van der Waals surface area contributed by atoms with E-state index in [0.717, 1.165) is 0 Å². The topological polar surface area (TPSA) is 6.48 Å². The van der Waals surface area contributed by atoms with E-state index in [1.165, 1.54) is 64.7 Å². The van der Waals surface area contributed by atoms with Crippen molar-refractivity contribution in [1.82, 2.24) is 9.80 Å². The molecular weight excluding hydrogens is 208 g/mol. The zero-order valence-corrected chi connectivity index (χ0v) is 12.5. The van der Waals surface area contributed by atoms with Crippen LogP contribution in [-0.2, 0) is 0 Å². The van der Waals surface area contributed by atoms with E-state index in [-0.39, 0.29) is 0 Å². The Kier molecular flexibility index (Phi) is 6.50. The first-order valence-corrected chi connectivity index (χ1v) is 7.56. The maximum Gasteiger partial charge on any atom is 0.0182 e. The van der Waals surface area contributed by atoms with Gasteiger partial charge in [-0.2, -0.15) is 0 Å². The molecule has 0 bridgehead atoms. The predicted octanol–water partition coefficient (Wildman–Crippen LogP) is 3.37. The molecule has 0 unspecified atom stereocenters. The van der Waals surface area contributed by atoms with Gasteiger partial charge in [-0.25, -0.2) is 0 Å². The van der Waals surface area contributed by atoms with E-state index in [1.54, 1.807) is 0 Å². The highest BCUT2D eigenvalue weighted by Crippen LogP contribution is 2.29. The number of rotatable bonds is 7. The molecule has 0 radical (unpaired) electrons. The Bertz CT molecular complexity index is 187. The standard InChI is InChI=1S/C15H32N2/c1-5-7-9-15(3,10-8-6-2)17-13-11-16(4)12-14-17/h5-14H2,1-4H3. The van der Waals surface area contributed by atoms with Gasteiger partial charge in [-0.05, 0) is 26.8 Å². The highest BCUT2D eigenvalue weighted by atomic mass is 15.3. The van der Waals surface area contributed by atoms with Gasteiger partial charge in [0.05, 0.1) is 0 Å². The van der Waals surface area contributed by atoms with Crippen molar-refractivity contribution in [2.24, 2.45) is 0 Å². The molecule has 1 aliphatic rings. The van der Waals surface area contributed by atoms with Crippen LogP contribution in [0.5, 0.6) is 0 Å². The van der Waals surface area contributed by atoms with E-state index < -0.39 is 0 Å². The van der Waals surface area contributed by atoms with E-state index in [4.69, 9.17) is 0 Å². The second-order valence-electron chi connectivity index (χ2n) is 5.99. The molecule has 0 aromatic rings. The first-order chi connectivity index (χ1) is 8.12. The molecule has 17 heavy (non-hydrogen) atoms. The van der Waals surface area contributed by atoms with Gasteiger partial charge in [0.1, 0.15) is 0 Å². The molecule has 0 N–H and O–H groups in total. The fourth-order valence-electron chi connectivity index (χ4n) is 2.90. The number of piperazine rings is 1. The second kappa shape index (κ2) is 7.38. The van der Waals surface area contributed by atoms with Gasteiger partial charge in [0.25, 0.3) is 0 Å². The van der Waals surface area contributed by atoms with Gasteiger partial charge in [0.15, 0.2) is 0 Å². The van der Waals surface area contributed by atoms with E-state index in [2.05, 4.69) is 37.6 Å². The Morgan fingerprint density at radius 2 is 1.35 bits per heavy atom. The van der Waals surface area contributed by atoms with Crippen molar-refractivity contribution in [2.45, 2.75) is 64.8 Å². The normalized spacial score (nSPS) is 19.8. The van der Waals surface area contributed by atoms with Crippen molar-refractivity contribution in [3.05, 3.63) is 0 Å². The summed E-state index contributed by atoms with van der Waals surface area (Å²) in [6, 6.07) is 0. The molecule has 1 saturated heterocycles. The SMILES string of the molecule is CCCCC(C)(CCCC)N1CCN(C)CC1. The molecule has 1 rings (SSSR count). The van der Waals surface area contributed by atoms with Crippen molar-refractivity contribution < 1.29 is 0 Å². The highest BCUT2D eigenvalue weighted by molar-refractivity contribution is 4.88. The quantitative estimate of drug-likeness (QED) is 0.673. The lowest BCUT2D eigenvalue weighted by Gasteiger charge is -2.46. The number of hydrogen-bond donors (Lipinski definition) is 0. The largest absolute Gasteiger partial charge is 0.304 e. The van der Waals surface area contributed by atoms with E-state index in [0.29, 0.717) is 5.54 Å². The molecule has 1 fully saturated rings. The van der Waals surface area contributed by atoms with Crippen molar-refractivity contribution in [3.63, 3.8) is 0 Å². The van der Waals surface area contributed by atoms with Gasteiger partial charge >= 0.3 is 0 Å². The number of likely N-dealkylation sites (N-methyl/N-ethyl adjacent to an activating group) is 1. The second-order valence-corrected chi connectivity index (χ2v) is 5.99. The fraction of sp³-hybridized carbons (Fsp3) is 1.00. The van der Waals surface area contributed by atoms with Gasteiger partial charge < -0.3 is 4.90 Å². The van der Waals surface area contributed by atoms with Crippen LogP contribution in [0.25, 0.3) is 0 Å². The zero-order chi connectivity index (χ0) is 12.7. The minimum atomic E-state index is 0.466. The Hall–Kier alpha value is -0.0800. The summed E-state index contributed by atoms with van der Waals surface area (Å²) in [4.78, 5) is 5.22. The zero-order valence-electron chi connectivity index (χ0n) is 12.5. The van der Waals surface area contributed by atoms with Crippen LogP contribution in [0.2, 0.25) is 0 Å². The number of hydrogen-bond acceptors (Lipinski definition) is 2. The molecule has 0 aromatic carbocycles. The van der Waals surface area contributed by atoms with Crippen LogP contribution in [0.1, 0.15) is 59.3 Å². The summed E-state index contributed by atoms with van der Waals surface area (Å²) in [6.07, 6.45) is 8.18. The van der Waals surface area contributed by atoms with Crippen LogP contribution in [0.3, 0.4) is 0 Å². The molecule has 0 amide bonds. The summed E-state index contributed by atoms with van der Waals surface area (Å²) in [5, 5.41) is 0. The van der Waals surface area contributed by atoms with Crippen LogP contribution >= 0.6 is 0 Å². The average Bonchev–Trinajstić information content (AvgIpc) is 2.34. The van der Waals surface area contributed by atoms with E-state index >= 15 is 0 Å². The molecule has 0 aliphatic carbocycles. The van der Waals surface area contributed by atoms with Gasteiger partial charge in [-0.3, -0.25) is 4.90 Å². The summed E-state index contributed by atoms with van der Waals surface area (Å²) < 4.78 is 0. The van der Waals surface area contributed by atoms with Crippen molar-refractivity contribution in [1.29, 1.82) is 0 Å². The van der Waals surface area contributed by atoms with E-state index in [1.807, 2.05) is 0 Å². The molecular formula is C15H32N2. The van der Waals surface area contributed by atoms with Crippen molar-refractivity contribution >= 4 is 0 Å². The monoisotopic (exact) mass is 240 g/mol. The maximum atomic E-state index is 2.76. The molecule has 1 aliphatic heterocycles.